The van der Waals surface area contributed by atoms with Gasteiger partial charge in [0, 0.05) is 6.54 Å². The van der Waals surface area contributed by atoms with Crippen LogP contribution in [0.25, 0.3) is 0 Å². The SMILES string of the molecule is CCC(C)(C)CNC(=O)[C@@H]1CCCCN1. The summed E-state index contributed by atoms with van der Waals surface area (Å²) in [7, 11) is 0. The highest BCUT2D eigenvalue weighted by molar-refractivity contribution is 5.81. The van der Waals surface area contributed by atoms with Crippen LogP contribution in [0.4, 0.5) is 0 Å². The van der Waals surface area contributed by atoms with Crippen LogP contribution in [0.1, 0.15) is 46.5 Å². The van der Waals surface area contributed by atoms with Gasteiger partial charge < -0.3 is 10.6 Å². The van der Waals surface area contributed by atoms with Gasteiger partial charge in [-0.15, -0.1) is 0 Å². The number of amides is 1. The van der Waals surface area contributed by atoms with Crippen molar-refractivity contribution < 1.29 is 4.79 Å². The molecular formula is C12H24N2O. The number of carbonyl (C=O) groups excluding carboxylic acids is 1. The van der Waals surface area contributed by atoms with Crippen LogP contribution in [-0.2, 0) is 4.79 Å². The van der Waals surface area contributed by atoms with Crippen molar-refractivity contribution in [3.8, 4) is 0 Å². The standard InChI is InChI=1S/C12H24N2O/c1-4-12(2,3)9-14-11(15)10-7-5-6-8-13-10/h10,13H,4-9H2,1-3H3,(H,14,15)/t10-/m0/s1. The van der Waals surface area contributed by atoms with Crippen LogP contribution in [0, 0.1) is 5.41 Å². The van der Waals surface area contributed by atoms with E-state index in [0.29, 0.717) is 0 Å². The van der Waals surface area contributed by atoms with E-state index in [0.717, 1.165) is 25.9 Å². The first-order valence-corrected chi connectivity index (χ1v) is 6.06. The first-order valence-electron chi connectivity index (χ1n) is 6.06. The Morgan fingerprint density at radius 1 is 1.47 bits per heavy atom. The molecule has 0 saturated carbocycles. The van der Waals surface area contributed by atoms with Gasteiger partial charge in [0.15, 0.2) is 0 Å². The van der Waals surface area contributed by atoms with Crippen LogP contribution in [-0.4, -0.2) is 25.0 Å². The molecule has 15 heavy (non-hydrogen) atoms. The van der Waals surface area contributed by atoms with Gasteiger partial charge in [-0.1, -0.05) is 27.2 Å². The molecule has 0 bridgehead atoms. The second-order valence-electron chi connectivity index (χ2n) is 5.24. The molecule has 1 atom stereocenters. The number of hydrogen-bond donors (Lipinski definition) is 2. The van der Waals surface area contributed by atoms with E-state index in [1.165, 1.54) is 12.8 Å². The highest BCUT2D eigenvalue weighted by Crippen LogP contribution is 2.18. The van der Waals surface area contributed by atoms with E-state index in [-0.39, 0.29) is 17.4 Å². The van der Waals surface area contributed by atoms with E-state index in [2.05, 4.69) is 31.4 Å². The minimum Gasteiger partial charge on any atom is -0.354 e. The summed E-state index contributed by atoms with van der Waals surface area (Å²) in [5.74, 6) is 0.177. The Morgan fingerprint density at radius 2 is 2.20 bits per heavy atom. The van der Waals surface area contributed by atoms with Crippen molar-refractivity contribution in [3.63, 3.8) is 0 Å². The van der Waals surface area contributed by atoms with E-state index in [1.807, 2.05) is 0 Å². The summed E-state index contributed by atoms with van der Waals surface area (Å²) < 4.78 is 0. The number of carbonyl (C=O) groups is 1. The molecule has 0 spiro atoms. The fourth-order valence-corrected chi connectivity index (χ4v) is 1.65. The van der Waals surface area contributed by atoms with Crippen LogP contribution in [0.3, 0.4) is 0 Å². The molecule has 3 heteroatoms. The van der Waals surface area contributed by atoms with Gasteiger partial charge in [-0.25, -0.2) is 0 Å². The fraction of sp³-hybridized carbons (Fsp3) is 0.917. The first kappa shape index (κ1) is 12.5. The number of hydrogen-bond acceptors (Lipinski definition) is 2. The summed E-state index contributed by atoms with van der Waals surface area (Å²) >= 11 is 0. The third-order valence-electron chi connectivity index (χ3n) is 3.33. The summed E-state index contributed by atoms with van der Waals surface area (Å²) in [4.78, 5) is 11.8. The molecule has 0 aliphatic carbocycles. The predicted octanol–water partition coefficient (Wildman–Crippen LogP) is 1.68. The Kier molecular flexibility index (Phi) is 4.58. The quantitative estimate of drug-likeness (QED) is 0.744. The number of piperidine rings is 1. The molecule has 0 radical (unpaired) electrons. The van der Waals surface area contributed by atoms with Crippen molar-refractivity contribution in [3.05, 3.63) is 0 Å². The van der Waals surface area contributed by atoms with Crippen molar-refractivity contribution in [2.45, 2.75) is 52.5 Å². The van der Waals surface area contributed by atoms with Gasteiger partial charge in [0.25, 0.3) is 0 Å². The second-order valence-corrected chi connectivity index (χ2v) is 5.24. The molecule has 1 amide bonds. The summed E-state index contributed by atoms with van der Waals surface area (Å²) in [6, 6.07) is 0.0476. The summed E-state index contributed by atoms with van der Waals surface area (Å²) in [6.07, 6.45) is 4.44. The molecule has 88 valence electrons. The molecule has 3 nitrogen and oxygen atoms in total. The van der Waals surface area contributed by atoms with Crippen molar-refractivity contribution in [1.29, 1.82) is 0 Å². The second kappa shape index (κ2) is 5.50. The van der Waals surface area contributed by atoms with Crippen LogP contribution >= 0.6 is 0 Å². The van der Waals surface area contributed by atoms with Gasteiger partial charge in [-0.3, -0.25) is 4.79 Å². The molecule has 1 aliphatic rings. The van der Waals surface area contributed by atoms with Crippen molar-refractivity contribution in [2.24, 2.45) is 5.41 Å². The van der Waals surface area contributed by atoms with Crippen LogP contribution in [0.5, 0.6) is 0 Å². The maximum atomic E-state index is 11.8. The highest BCUT2D eigenvalue weighted by Gasteiger charge is 2.22. The van der Waals surface area contributed by atoms with Gasteiger partial charge in [0.2, 0.25) is 5.91 Å². The summed E-state index contributed by atoms with van der Waals surface area (Å²) in [5.41, 5.74) is 0.213. The molecule has 1 saturated heterocycles. The summed E-state index contributed by atoms with van der Waals surface area (Å²) in [5, 5.41) is 6.30. The zero-order chi connectivity index (χ0) is 11.3. The van der Waals surface area contributed by atoms with Gasteiger partial charge in [0.1, 0.15) is 0 Å². The zero-order valence-corrected chi connectivity index (χ0v) is 10.2. The lowest BCUT2D eigenvalue weighted by Crippen LogP contribution is -2.48. The van der Waals surface area contributed by atoms with Gasteiger partial charge in [-0.2, -0.15) is 0 Å². The first-order chi connectivity index (χ1) is 7.05. The number of rotatable bonds is 4. The molecule has 1 rings (SSSR count). The molecule has 1 aliphatic heterocycles. The van der Waals surface area contributed by atoms with Gasteiger partial charge in [-0.05, 0) is 31.2 Å². The average molecular weight is 212 g/mol. The maximum absolute atomic E-state index is 11.8. The largest absolute Gasteiger partial charge is 0.354 e. The minimum atomic E-state index is 0.0476. The van der Waals surface area contributed by atoms with E-state index in [1.54, 1.807) is 0 Å². The number of nitrogens with one attached hydrogen (secondary N) is 2. The Hall–Kier alpha value is -0.570. The lowest BCUT2D eigenvalue weighted by Gasteiger charge is -2.27. The van der Waals surface area contributed by atoms with E-state index in [9.17, 15) is 4.79 Å². The third-order valence-corrected chi connectivity index (χ3v) is 3.33. The van der Waals surface area contributed by atoms with Crippen LogP contribution in [0.2, 0.25) is 0 Å². The minimum absolute atomic E-state index is 0.0476. The molecule has 0 unspecified atom stereocenters. The van der Waals surface area contributed by atoms with Crippen LogP contribution in [0.15, 0.2) is 0 Å². The zero-order valence-electron chi connectivity index (χ0n) is 10.2. The molecule has 0 aromatic carbocycles. The van der Waals surface area contributed by atoms with Crippen LogP contribution < -0.4 is 10.6 Å². The normalized spacial score (nSPS) is 22.5. The lowest BCUT2D eigenvalue weighted by atomic mass is 9.90. The Morgan fingerprint density at radius 3 is 2.73 bits per heavy atom. The molecular weight excluding hydrogens is 188 g/mol. The molecule has 1 heterocycles. The van der Waals surface area contributed by atoms with Gasteiger partial charge >= 0.3 is 0 Å². The van der Waals surface area contributed by atoms with Crippen molar-refractivity contribution >= 4 is 5.91 Å². The van der Waals surface area contributed by atoms with E-state index >= 15 is 0 Å². The Bertz CT molecular complexity index is 208. The molecule has 0 aromatic rings. The monoisotopic (exact) mass is 212 g/mol. The predicted molar refractivity (Wildman–Crippen MR) is 62.7 cm³/mol. The molecule has 1 fully saturated rings. The maximum Gasteiger partial charge on any atom is 0.237 e. The highest BCUT2D eigenvalue weighted by atomic mass is 16.2. The summed E-state index contributed by atoms with van der Waals surface area (Å²) in [6.45, 7) is 8.28. The lowest BCUT2D eigenvalue weighted by molar-refractivity contribution is -0.124. The fourth-order valence-electron chi connectivity index (χ4n) is 1.65. The average Bonchev–Trinajstić information content (AvgIpc) is 2.27. The van der Waals surface area contributed by atoms with E-state index < -0.39 is 0 Å². The van der Waals surface area contributed by atoms with Gasteiger partial charge in [0.05, 0.1) is 6.04 Å². The van der Waals surface area contributed by atoms with E-state index in [4.69, 9.17) is 0 Å². The van der Waals surface area contributed by atoms with Crippen molar-refractivity contribution in [2.75, 3.05) is 13.1 Å². The molecule has 0 aromatic heterocycles. The van der Waals surface area contributed by atoms with Crippen molar-refractivity contribution in [1.82, 2.24) is 10.6 Å². The Balaban J connectivity index is 2.28. The topological polar surface area (TPSA) is 41.1 Å². The Labute approximate surface area is 93.0 Å². The smallest absolute Gasteiger partial charge is 0.237 e. The third kappa shape index (κ3) is 4.20. The molecule has 2 N–H and O–H groups in total.